The second kappa shape index (κ2) is 8.10. The van der Waals surface area contributed by atoms with Gasteiger partial charge in [0.15, 0.2) is 0 Å². The molecular formula is C18H17FO4. The minimum absolute atomic E-state index is 0.167. The summed E-state index contributed by atoms with van der Waals surface area (Å²) in [4.78, 5) is 11.4. The molecule has 0 aliphatic heterocycles. The molecule has 0 aromatic heterocycles. The van der Waals surface area contributed by atoms with Crippen LogP contribution in [0.1, 0.15) is 15.9 Å². The van der Waals surface area contributed by atoms with Gasteiger partial charge < -0.3 is 14.6 Å². The normalized spacial score (nSPS) is 11.2. The number of methoxy groups -OCH3 is 1. The second-order valence-electron chi connectivity index (χ2n) is 4.82. The standard InChI is InChI=1S/C18H17FO4/c1-22-18(21)15-4-2-13(3-5-15)10-14(11-20)12-23-17-8-6-16(19)7-9-17/h2-10,20H,11-12H2,1H3/b14-10+. The van der Waals surface area contributed by atoms with Crippen molar-refractivity contribution in [2.24, 2.45) is 0 Å². The smallest absolute Gasteiger partial charge is 0.337 e. The van der Waals surface area contributed by atoms with E-state index in [4.69, 9.17) is 4.74 Å². The number of hydrogen-bond donors (Lipinski definition) is 1. The number of halogens is 1. The molecule has 0 heterocycles. The van der Waals surface area contributed by atoms with Crippen molar-refractivity contribution in [3.05, 3.63) is 71.0 Å². The minimum atomic E-state index is -0.400. The molecule has 120 valence electrons. The van der Waals surface area contributed by atoms with E-state index >= 15 is 0 Å². The van der Waals surface area contributed by atoms with E-state index in [-0.39, 0.29) is 19.0 Å². The third-order valence-corrected chi connectivity index (χ3v) is 3.14. The molecule has 0 fully saturated rings. The Labute approximate surface area is 133 Å². The van der Waals surface area contributed by atoms with Gasteiger partial charge in [0, 0.05) is 0 Å². The van der Waals surface area contributed by atoms with Crippen molar-refractivity contribution in [3.8, 4) is 5.75 Å². The van der Waals surface area contributed by atoms with E-state index in [2.05, 4.69) is 4.74 Å². The van der Waals surface area contributed by atoms with E-state index in [1.165, 1.54) is 31.4 Å². The van der Waals surface area contributed by atoms with E-state index < -0.39 is 5.97 Å². The zero-order chi connectivity index (χ0) is 16.7. The summed E-state index contributed by atoms with van der Waals surface area (Å²) in [5.41, 5.74) is 1.93. The Kier molecular flexibility index (Phi) is 5.88. The fraction of sp³-hybridized carbons (Fsp3) is 0.167. The number of esters is 1. The minimum Gasteiger partial charge on any atom is -0.489 e. The van der Waals surface area contributed by atoms with Crippen LogP contribution in [0.5, 0.6) is 5.75 Å². The van der Waals surface area contributed by atoms with Gasteiger partial charge in [0.25, 0.3) is 0 Å². The van der Waals surface area contributed by atoms with Crippen LogP contribution in [0.15, 0.2) is 54.1 Å². The number of carbonyl (C=O) groups excluding carboxylic acids is 1. The Morgan fingerprint density at radius 2 is 1.78 bits per heavy atom. The van der Waals surface area contributed by atoms with Crippen molar-refractivity contribution in [1.29, 1.82) is 0 Å². The number of aliphatic hydroxyl groups is 1. The largest absolute Gasteiger partial charge is 0.489 e. The van der Waals surface area contributed by atoms with Crippen LogP contribution in [-0.2, 0) is 4.74 Å². The average molecular weight is 316 g/mol. The van der Waals surface area contributed by atoms with E-state index in [0.717, 1.165) is 5.56 Å². The van der Waals surface area contributed by atoms with Crippen LogP contribution in [0.3, 0.4) is 0 Å². The van der Waals surface area contributed by atoms with Crippen molar-refractivity contribution in [2.75, 3.05) is 20.3 Å². The molecule has 0 amide bonds. The van der Waals surface area contributed by atoms with Crippen LogP contribution < -0.4 is 4.74 Å². The Morgan fingerprint density at radius 1 is 1.13 bits per heavy atom. The van der Waals surface area contributed by atoms with E-state index in [0.29, 0.717) is 16.9 Å². The van der Waals surface area contributed by atoms with Crippen molar-refractivity contribution in [3.63, 3.8) is 0 Å². The summed E-state index contributed by atoms with van der Waals surface area (Å²) in [5, 5.41) is 9.41. The fourth-order valence-corrected chi connectivity index (χ4v) is 1.91. The van der Waals surface area contributed by atoms with Crippen molar-refractivity contribution >= 4 is 12.0 Å². The number of aliphatic hydroxyl groups excluding tert-OH is 1. The zero-order valence-electron chi connectivity index (χ0n) is 12.7. The Balaban J connectivity index is 2.03. The maximum atomic E-state index is 12.8. The van der Waals surface area contributed by atoms with E-state index in [1.807, 2.05) is 0 Å². The first-order valence-corrected chi connectivity index (χ1v) is 6.99. The van der Waals surface area contributed by atoms with E-state index in [1.54, 1.807) is 30.3 Å². The lowest BCUT2D eigenvalue weighted by atomic mass is 10.1. The highest BCUT2D eigenvalue weighted by Gasteiger charge is 2.04. The van der Waals surface area contributed by atoms with Gasteiger partial charge >= 0.3 is 5.97 Å². The molecular weight excluding hydrogens is 299 g/mol. The number of carbonyl (C=O) groups is 1. The molecule has 23 heavy (non-hydrogen) atoms. The lowest BCUT2D eigenvalue weighted by Crippen LogP contribution is -2.05. The van der Waals surface area contributed by atoms with Gasteiger partial charge in [0.05, 0.1) is 19.3 Å². The summed E-state index contributed by atoms with van der Waals surface area (Å²) in [6.07, 6.45) is 1.77. The molecule has 0 atom stereocenters. The van der Waals surface area contributed by atoms with Gasteiger partial charge in [0.2, 0.25) is 0 Å². The molecule has 2 rings (SSSR count). The van der Waals surface area contributed by atoms with Gasteiger partial charge in [-0.1, -0.05) is 18.2 Å². The molecule has 2 aromatic carbocycles. The van der Waals surface area contributed by atoms with Crippen LogP contribution >= 0.6 is 0 Å². The third-order valence-electron chi connectivity index (χ3n) is 3.14. The van der Waals surface area contributed by atoms with E-state index in [9.17, 15) is 14.3 Å². The van der Waals surface area contributed by atoms with Gasteiger partial charge in [-0.15, -0.1) is 0 Å². The predicted octanol–water partition coefficient (Wildman–Crippen LogP) is 3.07. The molecule has 0 radical (unpaired) electrons. The SMILES string of the molecule is COC(=O)c1ccc(/C=C(\CO)COc2ccc(F)cc2)cc1. The number of ether oxygens (including phenoxy) is 2. The number of hydrogen-bond acceptors (Lipinski definition) is 4. The molecule has 5 heteroatoms. The first kappa shape index (κ1) is 16.7. The monoisotopic (exact) mass is 316 g/mol. The highest BCUT2D eigenvalue weighted by molar-refractivity contribution is 5.89. The van der Waals surface area contributed by atoms with Gasteiger partial charge in [-0.2, -0.15) is 0 Å². The van der Waals surface area contributed by atoms with Crippen LogP contribution in [-0.4, -0.2) is 31.4 Å². The maximum Gasteiger partial charge on any atom is 0.337 e. The topological polar surface area (TPSA) is 55.8 Å². The molecule has 0 aliphatic carbocycles. The van der Waals surface area contributed by atoms with Gasteiger partial charge in [0.1, 0.15) is 18.2 Å². The summed E-state index contributed by atoms with van der Waals surface area (Å²) in [6.45, 7) is 0.0147. The Bertz CT molecular complexity index is 675. The third kappa shape index (κ3) is 4.93. The summed E-state index contributed by atoms with van der Waals surface area (Å²) in [5.74, 6) is -0.213. The van der Waals surface area contributed by atoms with Crippen LogP contribution in [0, 0.1) is 5.82 Å². The molecule has 0 spiro atoms. The summed E-state index contributed by atoms with van der Waals surface area (Å²) < 4.78 is 22.9. The molecule has 0 aliphatic rings. The first-order chi connectivity index (χ1) is 11.1. The highest BCUT2D eigenvalue weighted by atomic mass is 19.1. The zero-order valence-corrected chi connectivity index (χ0v) is 12.7. The highest BCUT2D eigenvalue weighted by Crippen LogP contribution is 2.14. The molecule has 1 N–H and O–H groups in total. The molecule has 0 saturated carbocycles. The van der Waals surface area contributed by atoms with Crippen LogP contribution in [0.25, 0.3) is 6.08 Å². The van der Waals surface area contributed by atoms with Crippen LogP contribution in [0.4, 0.5) is 4.39 Å². The molecule has 0 saturated heterocycles. The summed E-state index contributed by atoms with van der Waals surface area (Å²) >= 11 is 0. The molecule has 0 bridgehead atoms. The number of benzene rings is 2. The molecule has 4 nitrogen and oxygen atoms in total. The van der Waals surface area contributed by atoms with Gasteiger partial charge in [-0.3, -0.25) is 0 Å². The number of rotatable bonds is 6. The summed E-state index contributed by atoms with van der Waals surface area (Å²) in [7, 11) is 1.33. The lowest BCUT2D eigenvalue weighted by Gasteiger charge is -2.08. The second-order valence-corrected chi connectivity index (χ2v) is 4.82. The van der Waals surface area contributed by atoms with Crippen LogP contribution in [0.2, 0.25) is 0 Å². The van der Waals surface area contributed by atoms with Crippen molar-refractivity contribution in [2.45, 2.75) is 0 Å². The van der Waals surface area contributed by atoms with Gasteiger partial charge in [-0.25, -0.2) is 9.18 Å². The molecule has 0 unspecified atom stereocenters. The Morgan fingerprint density at radius 3 is 2.35 bits per heavy atom. The average Bonchev–Trinajstić information content (AvgIpc) is 2.59. The van der Waals surface area contributed by atoms with Crippen molar-refractivity contribution in [1.82, 2.24) is 0 Å². The lowest BCUT2D eigenvalue weighted by molar-refractivity contribution is 0.0600. The van der Waals surface area contributed by atoms with Crippen molar-refractivity contribution < 1.29 is 23.8 Å². The molecule has 2 aromatic rings. The quantitative estimate of drug-likeness (QED) is 0.832. The maximum absolute atomic E-state index is 12.8. The predicted molar refractivity (Wildman–Crippen MR) is 84.7 cm³/mol. The Hall–Kier alpha value is -2.66. The van der Waals surface area contributed by atoms with Gasteiger partial charge in [-0.05, 0) is 47.5 Å². The fourth-order valence-electron chi connectivity index (χ4n) is 1.91. The summed E-state index contributed by atoms with van der Waals surface area (Å²) in [6, 6.07) is 12.5. The first-order valence-electron chi connectivity index (χ1n) is 6.99.